The van der Waals surface area contributed by atoms with Crippen LogP contribution in [0, 0.1) is 20.2 Å². The van der Waals surface area contributed by atoms with Crippen LogP contribution < -0.4 is 5.43 Å². The summed E-state index contributed by atoms with van der Waals surface area (Å²) in [5, 5.41) is 25.3. The van der Waals surface area contributed by atoms with Crippen molar-refractivity contribution < 1.29 is 14.6 Å². The van der Waals surface area contributed by atoms with Crippen LogP contribution in [0.15, 0.2) is 53.6 Å². The van der Waals surface area contributed by atoms with Gasteiger partial charge in [0.15, 0.2) is 0 Å². The number of nitro benzene ring substituents is 2. The number of nitrogens with one attached hydrogen (secondary N) is 1. The summed E-state index contributed by atoms with van der Waals surface area (Å²) in [6, 6.07) is 12.6. The first-order valence-electron chi connectivity index (χ1n) is 7.25. The quantitative estimate of drug-likeness (QED) is 0.470. The predicted molar refractivity (Wildman–Crippen MR) is 90.3 cm³/mol. The van der Waals surface area contributed by atoms with Crippen molar-refractivity contribution in [3.63, 3.8) is 0 Å². The molecule has 0 unspecified atom stereocenters. The standard InChI is InChI=1S/C16H14N4O5/c21-16(7-6-12-4-2-1-3-5-12)18-17-11-13-8-14(19(22)23)10-15(9-13)20(24)25/h1-5,8-11H,6-7H2,(H,18,21)/b17-11-. The van der Waals surface area contributed by atoms with Crippen LogP contribution in [-0.2, 0) is 11.2 Å². The van der Waals surface area contributed by atoms with E-state index < -0.39 is 21.2 Å². The number of hydrogen-bond acceptors (Lipinski definition) is 6. The summed E-state index contributed by atoms with van der Waals surface area (Å²) in [6.07, 6.45) is 1.89. The average molecular weight is 342 g/mol. The van der Waals surface area contributed by atoms with Gasteiger partial charge in [-0.1, -0.05) is 30.3 Å². The average Bonchev–Trinajstić information content (AvgIpc) is 2.60. The normalized spacial score (nSPS) is 10.6. The number of carbonyl (C=O) groups is 1. The molecule has 0 saturated heterocycles. The maximum atomic E-state index is 11.7. The molecule has 9 heteroatoms. The van der Waals surface area contributed by atoms with Crippen molar-refractivity contribution in [2.45, 2.75) is 12.8 Å². The minimum Gasteiger partial charge on any atom is -0.273 e. The predicted octanol–water partition coefficient (Wildman–Crippen LogP) is 2.59. The fraction of sp³-hybridized carbons (Fsp3) is 0.125. The molecule has 2 rings (SSSR count). The lowest BCUT2D eigenvalue weighted by Gasteiger charge is -2.01. The highest BCUT2D eigenvalue weighted by molar-refractivity contribution is 5.84. The molecule has 2 aromatic carbocycles. The first kappa shape index (κ1) is 17.7. The first-order chi connectivity index (χ1) is 12.0. The van der Waals surface area contributed by atoms with Crippen molar-refractivity contribution >= 4 is 23.5 Å². The van der Waals surface area contributed by atoms with Crippen LogP contribution in [0.2, 0.25) is 0 Å². The van der Waals surface area contributed by atoms with Gasteiger partial charge in [0.25, 0.3) is 11.4 Å². The van der Waals surface area contributed by atoms with E-state index in [2.05, 4.69) is 10.5 Å². The number of non-ortho nitro benzene ring substituents is 2. The van der Waals surface area contributed by atoms with E-state index in [4.69, 9.17) is 0 Å². The second kappa shape index (κ2) is 8.29. The lowest BCUT2D eigenvalue weighted by molar-refractivity contribution is -0.394. The molecule has 0 radical (unpaired) electrons. The molecule has 0 aliphatic carbocycles. The zero-order chi connectivity index (χ0) is 18.2. The van der Waals surface area contributed by atoms with Crippen molar-refractivity contribution in [3.8, 4) is 0 Å². The van der Waals surface area contributed by atoms with Gasteiger partial charge in [-0.2, -0.15) is 5.10 Å². The number of carbonyl (C=O) groups excluding carboxylic acids is 1. The Kier molecular flexibility index (Phi) is 5.88. The smallest absolute Gasteiger partial charge is 0.273 e. The summed E-state index contributed by atoms with van der Waals surface area (Å²) in [6.45, 7) is 0. The number of hydrogen-bond donors (Lipinski definition) is 1. The molecule has 0 heterocycles. The minimum atomic E-state index is -0.733. The highest BCUT2D eigenvalue weighted by Crippen LogP contribution is 2.21. The third-order valence-electron chi connectivity index (χ3n) is 3.23. The van der Waals surface area contributed by atoms with Gasteiger partial charge in [-0.15, -0.1) is 0 Å². The van der Waals surface area contributed by atoms with E-state index >= 15 is 0 Å². The number of nitrogens with zero attached hydrogens (tertiary/aromatic N) is 3. The Bertz CT molecular complexity index is 788. The molecule has 2 aromatic rings. The van der Waals surface area contributed by atoms with Crippen LogP contribution in [-0.4, -0.2) is 22.0 Å². The van der Waals surface area contributed by atoms with Crippen molar-refractivity contribution in [1.82, 2.24) is 5.43 Å². The molecule has 25 heavy (non-hydrogen) atoms. The molecule has 0 fully saturated rings. The van der Waals surface area contributed by atoms with Crippen molar-refractivity contribution in [2.75, 3.05) is 0 Å². The van der Waals surface area contributed by atoms with E-state index in [9.17, 15) is 25.0 Å². The van der Waals surface area contributed by atoms with E-state index in [0.29, 0.717) is 6.42 Å². The third-order valence-corrected chi connectivity index (χ3v) is 3.23. The van der Waals surface area contributed by atoms with Gasteiger partial charge in [-0.25, -0.2) is 5.43 Å². The largest absolute Gasteiger partial charge is 0.276 e. The maximum absolute atomic E-state index is 11.7. The lowest BCUT2D eigenvalue weighted by atomic mass is 10.1. The Labute approximate surface area is 142 Å². The van der Waals surface area contributed by atoms with E-state index in [1.165, 1.54) is 0 Å². The highest BCUT2D eigenvalue weighted by Gasteiger charge is 2.15. The van der Waals surface area contributed by atoms with Gasteiger partial charge in [0.1, 0.15) is 0 Å². The molecule has 0 aliphatic rings. The monoisotopic (exact) mass is 342 g/mol. The highest BCUT2D eigenvalue weighted by atomic mass is 16.6. The van der Waals surface area contributed by atoms with E-state index in [0.717, 1.165) is 30.0 Å². The second-order valence-electron chi connectivity index (χ2n) is 5.08. The van der Waals surface area contributed by atoms with Gasteiger partial charge < -0.3 is 0 Å². The van der Waals surface area contributed by atoms with Gasteiger partial charge in [0, 0.05) is 24.1 Å². The second-order valence-corrected chi connectivity index (χ2v) is 5.08. The molecule has 0 bridgehead atoms. The van der Waals surface area contributed by atoms with Gasteiger partial charge >= 0.3 is 0 Å². The summed E-state index contributed by atoms with van der Waals surface area (Å²) in [7, 11) is 0. The molecule has 0 aliphatic heterocycles. The van der Waals surface area contributed by atoms with Crippen LogP contribution in [0.5, 0.6) is 0 Å². The molecule has 128 valence electrons. The van der Waals surface area contributed by atoms with E-state index in [-0.39, 0.29) is 17.9 Å². The zero-order valence-corrected chi connectivity index (χ0v) is 13.0. The van der Waals surface area contributed by atoms with Gasteiger partial charge in [-0.3, -0.25) is 25.0 Å². The molecule has 0 aromatic heterocycles. The molecule has 9 nitrogen and oxygen atoms in total. The van der Waals surface area contributed by atoms with Gasteiger partial charge in [0.05, 0.1) is 22.1 Å². The zero-order valence-electron chi connectivity index (χ0n) is 13.0. The van der Waals surface area contributed by atoms with Crippen molar-refractivity contribution in [3.05, 3.63) is 79.9 Å². The van der Waals surface area contributed by atoms with E-state index in [1.807, 2.05) is 30.3 Å². The lowest BCUT2D eigenvalue weighted by Crippen LogP contribution is -2.17. The minimum absolute atomic E-state index is 0.143. The Morgan fingerprint density at radius 1 is 1.04 bits per heavy atom. The summed E-state index contributed by atoms with van der Waals surface area (Å²) in [5.41, 5.74) is 2.59. The number of hydrazone groups is 1. The van der Waals surface area contributed by atoms with Crippen LogP contribution in [0.3, 0.4) is 0 Å². The molecular weight excluding hydrogens is 328 g/mol. The fourth-order valence-corrected chi connectivity index (χ4v) is 2.04. The van der Waals surface area contributed by atoms with Crippen LogP contribution >= 0.6 is 0 Å². The Hall–Kier alpha value is -3.62. The van der Waals surface area contributed by atoms with E-state index in [1.54, 1.807) is 0 Å². The number of benzene rings is 2. The van der Waals surface area contributed by atoms with Crippen LogP contribution in [0.25, 0.3) is 0 Å². The molecule has 1 N–H and O–H groups in total. The first-order valence-corrected chi connectivity index (χ1v) is 7.25. The van der Waals surface area contributed by atoms with Crippen molar-refractivity contribution in [1.29, 1.82) is 0 Å². The number of nitro groups is 2. The number of rotatable bonds is 7. The Morgan fingerprint density at radius 2 is 1.64 bits per heavy atom. The number of amides is 1. The molecule has 1 amide bonds. The fourth-order valence-electron chi connectivity index (χ4n) is 2.04. The maximum Gasteiger partial charge on any atom is 0.276 e. The molecule has 0 spiro atoms. The summed E-state index contributed by atoms with van der Waals surface area (Å²) < 4.78 is 0. The Balaban J connectivity index is 1.97. The van der Waals surface area contributed by atoms with Gasteiger partial charge in [0.2, 0.25) is 5.91 Å². The summed E-state index contributed by atoms with van der Waals surface area (Å²) >= 11 is 0. The molecule has 0 atom stereocenters. The summed E-state index contributed by atoms with van der Waals surface area (Å²) in [5.74, 6) is -0.333. The topological polar surface area (TPSA) is 128 Å². The third kappa shape index (κ3) is 5.50. The van der Waals surface area contributed by atoms with Crippen LogP contribution in [0.4, 0.5) is 11.4 Å². The Morgan fingerprint density at radius 3 is 2.20 bits per heavy atom. The molecular formula is C16H14N4O5. The summed E-state index contributed by atoms with van der Waals surface area (Å²) in [4.78, 5) is 31.8. The van der Waals surface area contributed by atoms with Crippen LogP contribution in [0.1, 0.15) is 17.5 Å². The van der Waals surface area contributed by atoms with Crippen molar-refractivity contribution in [2.24, 2.45) is 5.10 Å². The SMILES string of the molecule is O=C(CCc1ccccc1)N/N=C\c1cc([N+](=O)[O-])cc([N+](=O)[O-])c1. The number of aryl methyl sites for hydroxylation is 1. The van der Waals surface area contributed by atoms with Gasteiger partial charge in [-0.05, 0) is 12.0 Å². The molecule has 0 saturated carbocycles.